The third kappa shape index (κ3) is 5.57. The van der Waals surface area contributed by atoms with Crippen molar-refractivity contribution in [1.29, 1.82) is 0 Å². The molecule has 4 nitrogen and oxygen atoms in total. The summed E-state index contributed by atoms with van der Waals surface area (Å²) in [6, 6.07) is 9.16. The summed E-state index contributed by atoms with van der Waals surface area (Å²) in [5.74, 6) is 0.304. The van der Waals surface area contributed by atoms with Crippen molar-refractivity contribution in [2.24, 2.45) is 0 Å². The Morgan fingerprint density at radius 1 is 1.20 bits per heavy atom. The lowest BCUT2D eigenvalue weighted by molar-refractivity contribution is -0.135. The van der Waals surface area contributed by atoms with Gasteiger partial charge in [-0.2, -0.15) is 0 Å². The first-order valence-corrected chi connectivity index (χ1v) is 9.50. The van der Waals surface area contributed by atoms with Crippen molar-refractivity contribution in [3.8, 4) is 0 Å². The highest BCUT2D eigenvalue weighted by molar-refractivity contribution is 9.10. The monoisotopic (exact) mass is 451 g/mol. The van der Waals surface area contributed by atoms with Crippen LogP contribution in [0.25, 0.3) is 0 Å². The molecule has 1 aromatic rings. The number of rotatable bonds is 4. The normalized spacial score (nSPS) is 22.0. The van der Waals surface area contributed by atoms with Gasteiger partial charge in [0.1, 0.15) is 0 Å². The molecule has 25 heavy (non-hydrogen) atoms. The Balaban J connectivity index is 0.00000156. The van der Waals surface area contributed by atoms with Gasteiger partial charge in [0, 0.05) is 36.7 Å². The van der Waals surface area contributed by atoms with E-state index in [1.165, 1.54) is 5.56 Å². The van der Waals surface area contributed by atoms with Gasteiger partial charge in [0.15, 0.2) is 0 Å². The number of hydrogen-bond acceptors (Lipinski definition) is 3. The smallest absolute Gasteiger partial charge is 0.239 e. The minimum Gasteiger partial charge on any atom is -0.339 e. The average molecular weight is 453 g/mol. The number of carbonyl (C=O) groups is 1. The standard InChI is InChI=1S/C18H26BrN3O.2ClH/c1-2-17(14-5-7-15(19)8-6-14)21-10-12-22(13-11-21)18(23)16-4-3-9-20-16;;/h5-8,16-17,20H,2-4,9-13H2,1H3;2*1H. The predicted octanol–water partition coefficient (Wildman–Crippen LogP) is 3.64. The summed E-state index contributed by atoms with van der Waals surface area (Å²) >= 11 is 3.50. The van der Waals surface area contributed by atoms with Gasteiger partial charge in [0.05, 0.1) is 6.04 Å². The van der Waals surface area contributed by atoms with E-state index >= 15 is 0 Å². The van der Waals surface area contributed by atoms with Crippen LogP contribution < -0.4 is 5.32 Å². The Kier molecular flexibility index (Phi) is 9.75. The van der Waals surface area contributed by atoms with Crippen LogP contribution in [0.5, 0.6) is 0 Å². The molecule has 2 saturated heterocycles. The molecule has 142 valence electrons. The number of hydrogen-bond donors (Lipinski definition) is 1. The fourth-order valence-corrected chi connectivity index (χ4v) is 4.02. The van der Waals surface area contributed by atoms with E-state index in [0.29, 0.717) is 11.9 Å². The largest absolute Gasteiger partial charge is 0.339 e. The molecule has 2 unspecified atom stereocenters. The molecule has 2 fully saturated rings. The zero-order valence-electron chi connectivity index (χ0n) is 14.6. The van der Waals surface area contributed by atoms with E-state index in [1.54, 1.807) is 0 Å². The second-order valence-electron chi connectivity index (χ2n) is 6.49. The van der Waals surface area contributed by atoms with Crippen LogP contribution in [0.15, 0.2) is 28.7 Å². The van der Waals surface area contributed by atoms with Gasteiger partial charge in [-0.1, -0.05) is 35.0 Å². The molecule has 2 atom stereocenters. The highest BCUT2D eigenvalue weighted by Gasteiger charge is 2.30. The molecule has 1 N–H and O–H groups in total. The number of halogens is 3. The van der Waals surface area contributed by atoms with Gasteiger partial charge in [-0.3, -0.25) is 9.69 Å². The van der Waals surface area contributed by atoms with Crippen molar-refractivity contribution in [2.75, 3.05) is 32.7 Å². The van der Waals surface area contributed by atoms with Crippen LogP contribution in [0.3, 0.4) is 0 Å². The van der Waals surface area contributed by atoms with Gasteiger partial charge in [0.2, 0.25) is 5.91 Å². The first-order chi connectivity index (χ1) is 11.2. The molecule has 7 heteroatoms. The van der Waals surface area contributed by atoms with Crippen molar-refractivity contribution in [1.82, 2.24) is 15.1 Å². The van der Waals surface area contributed by atoms with E-state index in [-0.39, 0.29) is 30.9 Å². The number of piperazine rings is 1. The van der Waals surface area contributed by atoms with Crippen LogP contribution in [0.2, 0.25) is 0 Å². The van der Waals surface area contributed by atoms with Crippen molar-refractivity contribution in [3.63, 3.8) is 0 Å². The zero-order valence-corrected chi connectivity index (χ0v) is 17.8. The van der Waals surface area contributed by atoms with Gasteiger partial charge in [-0.05, 0) is 43.5 Å². The van der Waals surface area contributed by atoms with Crippen LogP contribution in [0, 0.1) is 0 Å². The van der Waals surface area contributed by atoms with Gasteiger partial charge in [0.25, 0.3) is 0 Å². The molecular weight excluding hydrogens is 425 g/mol. The summed E-state index contributed by atoms with van der Waals surface area (Å²) < 4.78 is 1.12. The van der Waals surface area contributed by atoms with Crippen molar-refractivity contribution in [3.05, 3.63) is 34.3 Å². The summed E-state index contributed by atoms with van der Waals surface area (Å²) in [5.41, 5.74) is 1.37. The molecule has 0 spiro atoms. The molecule has 3 rings (SSSR count). The highest BCUT2D eigenvalue weighted by Crippen LogP contribution is 2.27. The quantitative estimate of drug-likeness (QED) is 0.757. The Labute approximate surface area is 171 Å². The third-order valence-electron chi connectivity index (χ3n) is 5.07. The lowest BCUT2D eigenvalue weighted by atomic mass is 10.0. The van der Waals surface area contributed by atoms with Crippen LogP contribution >= 0.6 is 40.7 Å². The minimum absolute atomic E-state index is 0. The Bertz CT molecular complexity index is 530. The summed E-state index contributed by atoms with van der Waals surface area (Å²) in [4.78, 5) is 17.1. The third-order valence-corrected chi connectivity index (χ3v) is 5.60. The van der Waals surface area contributed by atoms with Crippen LogP contribution in [-0.4, -0.2) is 54.5 Å². The number of carbonyl (C=O) groups excluding carboxylic acids is 1. The maximum absolute atomic E-state index is 12.5. The molecule has 0 aliphatic carbocycles. The Morgan fingerprint density at radius 3 is 2.36 bits per heavy atom. The SMILES string of the molecule is CCC(c1ccc(Br)cc1)N1CCN(C(=O)C2CCCN2)CC1.Cl.Cl. The Hall–Kier alpha value is -0.330. The van der Waals surface area contributed by atoms with E-state index in [4.69, 9.17) is 0 Å². The summed E-state index contributed by atoms with van der Waals surface area (Å²) in [6.45, 7) is 6.86. The molecule has 1 aromatic carbocycles. The first kappa shape index (κ1) is 22.7. The van der Waals surface area contributed by atoms with Crippen LogP contribution in [0.4, 0.5) is 0 Å². The second kappa shape index (κ2) is 10.7. The topological polar surface area (TPSA) is 35.6 Å². The van der Waals surface area contributed by atoms with E-state index in [1.807, 2.05) is 4.90 Å². The van der Waals surface area contributed by atoms with Crippen LogP contribution in [0.1, 0.15) is 37.8 Å². The Morgan fingerprint density at radius 2 is 1.84 bits per heavy atom. The molecular formula is C18H28BrCl2N3O. The van der Waals surface area contributed by atoms with E-state index < -0.39 is 0 Å². The van der Waals surface area contributed by atoms with Gasteiger partial charge >= 0.3 is 0 Å². The van der Waals surface area contributed by atoms with Gasteiger partial charge in [-0.25, -0.2) is 0 Å². The molecule has 2 aliphatic heterocycles. The van der Waals surface area contributed by atoms with E-state index in [9.17, 15) is 4.79 Å². The molecule has 0 saturated carbocycles. The molecule has 1 amide bonds. The summed E-state index contributed by atoms with van der Waals surface area (Å²) in [5, 5.41) is 3.32. The van der Waals surface area contributed by atoms with Gasteiger partial charge in [-0.15, -0.1) is 24.8 Å². The molecule has 2 heterocycles. The van der Waals surface area contributed by atoms with E-state index in [0.717, 1.165) is 56.5 Å². The summed E-state index contributed by atoms with van der Waals surface area (Å²) in [7, 11) is 0. The number of amides is 1. The maximum Gasteiger partial charge on any atom is 0.239 e. The average Bonchev–Trinajstić information content (AvgIpc) is 3.12. The van der Waals surface area contributed by atoms with Crippen molar-refractivity contribution >= 4 is 46.7 Å². The molecule has 0 bridgehead atoms. The van der Waals surface area contributed by atoms with Crippen molar-refractivity contribution < 1.29 is 4.79 Å². The van der Waals surface area contributed by atoms with Crippen molar-refractivity contribution in [2.45, 2.75) is 38.3 Å². The van der Waals surface area contributed by atoms with Gasteiger partial charge < -0.3 is 10.2 Å². The molecule has 0 aromatic heterocycles. The van der Waals surface area contributed by atoms with E-state index in [2.05, 4.69) is 57.3 Å². The summed E-state index contributed by atoms with van der Waals surface area (Å²) in [6.07, 6.45) is 3.22. The minimum atomic E-state index is 0. The fraction of sp³-hybridized carbons (Fsp3) is 0.611. The zero-order chi connectivity index (χ0) is 16.2. The number of nitrogens with zero attached hydrogens (tertiary/aromatic N) is 2. The lowest BCUT2D eigenvalue weighted by Crippen LogP contribution is -2.53. The maximum atomic E-state index is 12.5. The number of benzene rings is 1. The second-order valence-corrected chi connectivity index (χ2v) is 7.40. The molecule has 0 radical (unpaired) electrons. The molecule has 2 aliphatic rings. The number of nitrogens with one attached hydrogen (secondary N) is 1. The first-order valence-electron chi connectivity index (χ1n) is 8.70. The highest BCUT2D eigenvalue weighted by atomic mass is 79.9. The lowest BCUT2D eigenvalue weighted by Gasteiger charge is -2.40. The fourth-order valence-electron chi connectivity index (χ4n) is 3.76. The predicted molar refractivity (Wildman–Crippen MR) is 111 cm³/mol. The van der Waals surface area contributed by atoms with Crippen LogP contribution in [-0.2, 0) is 4.79 Å².